The molecule has 16 fully saturated rings. The Kier molecular flexibility index (Phi) is 14.5. The second-order valence-corrected chi connectivity index (χ2v) is 27.7. The Morgan fingerprint density at radius 3 is 2.11 bits per heavy atom. The van der Waals surface area contributed by atoms with Crippen LogP contribution in [0.25, 0.3) is 0 Å². The summed E-state index contributed by atoms with van der Waals surface area (Å²) in [5.74, 6) is -2.92. The van der Waals surface area contributed by atoms with E-state index in [0.29, 0.717) is 64.2 Å². The summed E-state index contributed by atoms with van der Waals surface area (Å²) in [7, 11) is 0. The number of alkyl carbamates (subject to hydrolysis) is 1. The average molecular weight is 1150 g/mol. The first-order valence-electron chi connectivity index (χ1n) is 31.5. The highest BCUT2D eigenvalue weighted by Crippen LogP contribution is 2.58. The van der Waals surface area contributed by atoms with Crippen LogP contribution in [0.5, 0.6) is 0 Å². The number of hydrogen-bond donors (Lipinski definition) is 2. The van der Waals surface area contributed by atoms with Gasteiger partial charge < -0.3 is 86.2 Å². The van der Waals surface area contributed by atoms with Gasteiger partial charge in [0, 0.05) is 70.3 Å². The smallest absolute Gasteiger partial charge is 0.407 e. The number of fused-ring (bicyclic) bond motifs is 10. The Labute approximate surface area is 480 Å². The van der Waals surface area contributed by atoms with Crippen LogP contribution in [0.1, 0.15) is 137 Å². The van der Waals surface area contributed by atoms with Crippen molar-refractivity contribution >= 4 is 12.1 Å². The van der Waals surface area contributed by atoms with Gasteiger partial charge in [-0.1, -0.05) is 53.5 Å². The molecule has 12 bridgehead atoms. The van der Waals surface area contributed by atoms with E-state index in [9.17, 15) is 14.7 Å². The maximum absolute atomic E-state index is 14.6. The Bertz CT molecular complexity index is 2480. The van der Waals surface area contributed by atoms with Crippen LogP contribution in [0.15, 0.2) is 37.0 Å². The molecule has 0 unspecified atom stereocenters. The fourth-order valence-electron chi connectivity index (χ4n) is 18.2. The molecule has 16 aliphatic heterocycles. The molecule has 0 aromatic carbocycles. The zero-order chi connectivity index (χ0) is 56.1. The third-order valence-corrected chi connectivity index (χ3v) is 22.0. The van der Waals surface area contributed by atoms with Crippen LogP contribution in [0, 0.1) is 23.7 Å². The number of esters is 1. The molecule has 0 aliphatic carbocycles. The van der Waals surface area contributed by atoms with Crippen molar-refractivity contribution in [1.29, 1.82) is 0 Å². The van der Waals surface area contributed by atoms with Crippen molar-refractivity contribution in [2.75, 3.05) is 13.2 Å². The first-order chi connectivity index (χ1) is 39.5. The molecule has 16 heterocycles. The third kappa shape index (κ3) is 9.91. The summed E-state index contributed by atoms with van der Waals surface area (Å²) >= 11 is 0. The van der Waals surface area contributed by atoms with Crippen LogP contribution in [-0.2, 0) is 80.6 Å². The van der Waals surface area contributed by atoms with Crippen LogP contribution in [0.2, 0.25) is 0 Å². The van der Waals surface area contributed by atoms with Gasteiger partial charge in [0.15, 0.2) is 17.4 Å². The molecule has 454 valence electrons. The van der Waals surface area contributed by atoms with E-state index in [2.05, 4.69) is 52.7 Å². The second-order valence-electron chi connectivity index (χ2n) is 27.7. The lowest BCUT2D eigenvalue weighted by atomic mass is 9.78. The minimum Gasteiger partial charge on any atom is -0.459 e. The molecule has 16 saturated heterocycles. The number of hydrogen-bond acceptors (Lipinski definition) is 19. The summed E-state index contributed by atoms with van der Waals surface area (Å²) in [6, 6.07) is 0. The van der Waals surface area contributed by atoms with Crippen molar-refractivity contribution in [1.82, 2.24) is 5.32 Å². The highest BCUT2D eigenvalue weighted by molar-refractivity contribution is 5.70. The van der Waals surface area contributed by atoms with Crippen molar-refractivity contribution in [3.05, 3.63) is 37.0 Å². The summed E-state index contributed by atoms with van der Waals surface area (Å²) in [6.07, 6.45) is 3.45. The highest BCUT2D eigenvalue weighted by Gasteiger charge is 2.70. The van der Waals surface area contributed by atoms with Gasteiger partial charge in [0.2, 0.25) is 0 Å². The van der Waals surface area contributed by atoms with Gasteiger partial charge >= 0.3 is 12.1 Å². The Balaban J connectivity index is 0.641. The van der Waals surface area contributed by atoms with Gasteiger partial charge in [-0.2, -0.15) is 0 Å². The maximum Gasteiger partial charge on any atom is 0.407 e. The monoisotopic (exact) mass is 1150 g/mol. The molecule has 0 saturated carbocycles. The molecule has 0 aromatic rings. The Morgan fingerprint density at radius 1 is 0.573 bits per heavy atom. The molecule has 20 nitrogen and oxygen atoms in total. The van der Waals surface area contributed by atoms with Crippen molar-refractivity contribution in [2.45, 2.75) is 301 Å². The number of aliphatic hydroxyl groups is 1. The predicted molar refractivity (Wildman–Crippen MR) is 286 cm³/mol. The molecule has 3 spiro atoms. The first-order valence-corrected chi connectivity index (χ1v) is 31.5. The number of amides is 1. The van der Waals surface area contributed by atoms with Gasteiger partial charge in [-0.3, -0.25) is 4.79 Å². The van der Waals surface area contributed by atoms with Crippen molar-refractivity contribution < 1.29 is 90.5 Å². The Hall–Kier alpha value is -2.64. The number of rotatable bonds is 4. The molecule has 20 heteroatoms. The summed E-state index contributed by atoms with van der Waals surface area (Å²) in [5, 5.41) is 13.9. The van der Waals surface area contributed by atoms with Crippen LogP contribution in [-0.4, -0.2) is 194 Å². The van der Waals surface area contributed by atoms with Gasteiger partial charge in [0.05, 0.1) is 110 Å². The predicted octanol–water partition coefficient (Wildman–Crippen LogP) is 6.09. The summed E-state index contributed by atoms with van der Waals surface area (Å²) in [4.78, 5) is 26.8. The van der Waals surface area contributed by atoms with Gasteiger partial charge in [-0.25, -0.2) is 4.79 Å². The van der Waals surface area contributed by atoms with Crippen molar-refractivity contribution in [2.24, 2.45) is 23.7 Å². The van der Waals surface area contributed by atoms with Gasteiger partial charge in [0.1, 0.15) is 49.3 Å². The van der Waals surface area contributed by atoms with E-state index in [0.717, 1.165) is 49.7 Å². The van der Waals surface area contributed by atoms with E-state index in [4.69, 9.17) is 75.8 Å². The molecule has 16 aliphatic rings. The van der Waals surface area contributed by atoms with E-state index in [-0.39, 0.29) is 147 Å². The number of ether oxygens (including phenoxy) is 16. The molecule has 2 N–H and O–H groups in total. The molecular weight excluding hydrogens is 1060 g/mol. The van der Waals surface area contributed by atoms with E-state index < -0.39 is 72.3 Å². The van der Waals surface area contributed by atoms with Crippen LogP contribution < -0.4 is 5.32 Å². The summed E-state index contributed by atoms with van der Waals surface area (Å²) in [5.41, 5.74) is 2.15. The fraction of sp³-hybridized carbons (Fsp3) is 0.871. The topological polar surface area (TPSA) is 214 Å². The van der Waals surface area contributed by atoms with Gasteiger partial charge in [-0.05, 0) is 73.8 Å². The van der Waals surface area contributed by atoms with E-state index in [1.54, 1.807) is 0 Å². The second kappa shape index (κ2) is 21.3. The average Bonchev–Trinajstić information content (AvgIpc) is 4.04. The minimum atomic E-state index is -0.940. The quantitative estimate of drug-likeness (QED) is 0.241. The summed E-state index contributed by atoms with van der Waals surface area (Å²) < 4.78 is 109. The highest BCUT2D eigenvalue weighted by atomic mass is 16.8. The molecule has 82 heavy (non-hydrogen) atoms. The van der Waals surface area contributed by atoms with Gasteiger partial charge in [-0.15, -0.1) is 0 Å². The number of carbonyl (C=O) groups excluding carboxylic acids is 2. The lowest BCUT2D eigenvalue weighted by Gasteiger charge is -2.54. The maximum atomic E-state index is 14.6. The fourth-order valence-corrected chi connectivity index (χ4v) is 18.2. The number of carbonyl (C=O) groups is 2. The molecule has 0 aromatic heterocycles. The molecular formula is C62H87NO19. The normalized spacial score (nSPS) is 55.6. The van der Waals surface area contributed by atoms with E-state index in [1.165, 1.54) is 6.08 Å². The number of aliphatic hydroxyl groups excluding tert-OH is 1. The minimum absolute atomic E-state index is 0.0116. The van der Waals surface area contributed by atoms with E-state index >= 15 is 0 Å². The van der Waals surface area contributed by atoms with Crippen LogP contribution in [0.3, 0.4) is 0 Å². The molecule has 1 amide bonds. The molecule has 0 radical (unpaired) electrons. The SMILES string of the molecule is C=CCOC(=O)NC[C@H]1O[C@@H]2[C@H](C[C@H]1O)O[C@@]1(C[C@@H]2C)C[C@H](C)[C@@H]2O[C@]3(C[C@@H]2O1)C[C@H]1O[C@H]2[C@H](C)[C@H]4OC(=O)C[C@H]5CC[C@@H]6O[C@@H]7[C@H]8O[C@@H]9C[C@](CC[C@H]%10CC(=C)[C@H](CC[C@H]%11C[C@@H](C)C(=C)[C@@H](C[C@@H]4O[C@H]2C[C@H]1O3)O%11)O%10)(O[C@H]8[C@H]6O5)O[C@H]79. The lowest BCUT2D eigenvalue weighted by molar-refractivity contribution is -0.370. The third-order valence-electron chi connectivity index (χ3n) is 22.0. The largest absolute Gasteiger partial charge is 0.459 e. The zero-order valence-electron chi connectivity index (χ0n) is 48.1. The van der Waals surface area contributed by atoms with Crippen molar-refractivity contribution in [3.63, 3.8) is 0 Å². The standard InChI is InChI=1S/C62H87NO19/c1-8-15-67-59(66)63-27-48-37(64)19-44-50(75-48)30(4)22-61(78-44)23-31(5)51-47(79-61)26-62(80-51)24-45-41(77-62)21-43-52(73-45)33(7)53-42(71-43)20-40-32(6)28(2)16-34(69-40)9-11-38-29(3)17-36(68-38)13-14-60-25-46-55(81-60)56-57(74-46)58(82-60)54-39(72-56)12-10-35(70-54)18-49(65)76-53/h8,28,30-31,33-48,50-58,64H,1,3,6,9-27H2,2,4-5,7H3,(H,63,66)/t28-,30+,31+,33+,34+,35-,36+,37-,38+,39+,40-,41-,42+,43+,44+,45-,46-,47+,48-,50+,51+,52+,53-,54+,55+,56+,57-,58+,60+,61-,62+/m1/s1. The lowest BCUT2D eigenvalue weighted by Crippen LogP contribution is -2.63. The molecule has 16 rings (SSSR count). The van der Waals surface area contributed by atoms with Crippen LogP contribution >= 0.6 is 0 Å². The molecule has 31 atom stereocenters. The van der Waals surface area contributed by atoms with E-state index in [1.807, 2.05) is 0 Å². The van der Waals surface area contributed by atoms with Crippen molar-refractivity contribution in [3.8, 4) is 0 Å². The zero-order valence-corrected chi connectivity index (χ0v) is 48.1. The Morgan fingerprint density at radius 2 is 1.26 bits per heavy atom. The number of nitrogens with one attached hydrogen (secondary N) is 1. The summed E-state index contributed by atoms with van der Waals surface area (Å²) in [6.45, 7) is 21.6. The van der Waals surface area contributed by atoms with Gasteiger partial charge in [0.25, 0.3) is 0 Å². The first kappa shape index (κ1) is 55.9. The van der Waals surface area contributed by atoms with Crippen LogP contribution in [0.4, 0.5) is 4.79 Å².